The number of fused-ring (bicyclic) bond motifs is 6. The summed E-state index contributed by atoms with van der Waals surface area (Å²) in [6, 6.07) is 61.0. The maximum atomic E-state index is 2.72. The van der Waals surface area contributed by atoms with Gasteiger partial charge in [-0.2, -0.15) is 0 Å². The monoisotopic (exact) mass is 744 g/mol. The molecule has 1 heterocycles. The van der Waals surface area contributed by atoms with Crippen molar-refractivity contribution < 1.29 is 0 Å². The Labute approximate surface area is 336 Å². The van der Waals surface area contributed by atoms with Gasteiger partial charge in [-0.15, -0.1) is 11.3 Å². The third kappa shape index (κ3) is 4.08. The molecule has 5 aliphatic rings. The first-order valence-electron chi connectivity index (χ1n) is 21.2. The van der Waals surface area contributed by atoms with Gasteiger partial charge in [0.15, 0.2) is 0 Å². The van der Waals surface area contributed by atoms with Crippen LogP contribution in [0.2, 0.25) is 0 Å². The summed E-state index contributed by atoms with van der Waals surface area (Å²) in [6.07, 6.45) is 7.03. The molecule has 1 aromatic heterocycles. The summed E-state index contributed by atoms with van der Waals surface area (Å²) in [5, 5.41) is 10.9. The topological polar surface area (TPSA) is 0 Å². The van der Waals surface area contributed by atoms with E-state index in [2.05, 4.69) is 158 Å². The number of benzene rings is 9. The van der Waals surface area contributed by atoms with E-state index in [1.54, 1.807) is 11.1 Å². The van der Waals surface area contributed by atoms with E-state index in [9.17, 15) is 0 Å². The van der Waals surface area contributed by atoms with Gasteiger partial charge in [-0.3, -0.25) is 0 Å². The molecule has 0 radical (unpaired) electrons. The van der Waals surface area contributed by atoms with E-state index in [0.29, 0.717) is 0 Å². The molecule has 0 unspecified atom stereocenters. The fourth-order valence-electron chi connectivity index (χ4n) is 13.5. The third-order valence-corrected chi connectivity index (χ3v) is 16.6. The Kier molecular flexibility index (Phi) is 6.16. The fraction of sp³-hybridized carbons (Fsp3) is 0.179. The zero-order valence-corrected chi connectivity index (χ0v) is 32.6. The highest BCUT2D eigenvalue weighted by Crippen LogP contribution is 2.71. The van der Waals surface area contributed by atoms with E-state index in [-0.39, 0.29) is 5.41 Å². The first-order chi connectivity index (χ1) is 28.2. The van der Waals surface area contributed by atoms with Crippen molar-refractivity contribution in [2.24, 2.45) is 23.7 Å². The smallest absolute Gasteiger partial charge is 0.0440 e. The molecule has 0 N–H and O–H groups in total. The minimum absolute atomic E-state index is 0.0945. The molecule has 9 aromatic carbocycles. The molecule has 5 aliphatic carbocycles. The van der Waals surface area contributed by atoms with Crippen molar-refractivity contribution in [3.63, 3.8) is 0 Å². The van der Waals surface area contributed by atoms with Gasteiger partial charge in [0.1, 0.15) is 0 Å². The van der Waals surface area contributed by atoms with Crippen LogP contribution in [0, 0.1) is 23.7 Å². The molecule has 0 nitrogen and oxygen atoms in total. The summed E-state index contributed by atoms with van der Waals surface area (Å²) in [5.41, 5.74) is 14.3. The van der Waals surface area contributed by atoms with Crippen molar-refractivity contribution in [3.05, 3.63) is 169 Å². The normalized spacial score (nSPS) is 23.2. The molecular formula is C56H40S. The Bertz CT molecular complexity index is 3260. The molecule has 270 valence electrons. The van der Waals surface area contributed by atoms with E-state index in [1.807, 2.05) is 11.3 Å². The number of rotatable bonds is 3. The molecule has 0 atom stereocenters. The van der Waals surface area contributed by atoms with Crippen LogP contribution in [0.5, 0.6) is 0 Å². The molecule has 57 heavy (non-hydrogen) atoms. The van der Waals surface area contributed by atoms with Crippen molar-refractivity contribution in [2.45, 2.75) is 37.5 Å². The van der Waals surface area contributed by atoms with Crippen LogP contribution in [-0.4, -0.2) is 0 Å². The van der Waals surface area contributed by atoms with Gasteiger partial charge in [-0.25, -0.2) is 0 Å². The van der Waals surface area contributed by atoms with Gasteiger partial charge in [0.2, 0.25) is 0 Å². The quantitative estimate of drug-likeness (QED) is 0.158. The van der Waals surface area contributed by atoms with Crippen LogP contribution in [0.4, 0.5) is 0 Å². The van der Waals surface area contributed by atoms with Crippen molar-refractivity contribution >= 4 is 63.8 Å². The Hall–Kier alpha value is -5.76. The minimum Gasteiger partial charge on any atom is -0.135 e. The SMILES string of the molecule is c1ccc(-c2cc(-c3ccc4ccc5cccc6ccc3c4c56)cc(-c3c4c(cc5c3sc3ccccc35)C3(c5ccccc5-4)C4CC5CC(C4)CC3C5)c2)cc1. The van der Waals surface area contributed by atoms with Crippen molar-refractivity contribution in [1.82, 2.24) is 0 Å². The average molecular weight is 745 g/mol. The van der Waals surface area contributed by atoms with Gasteiger partial charge in [0, 0.05) is 31.2 Å². The molecule has 4 saturated carbocycles. The molecule has 1 spiro atoms. The molecule has 10 aromatic rings. The van der Waals surface area contributed by atoms with Gasteiger partial charge in [0.05, 0.1) is 0 Å². The minimum atomic E-state index is 0.0945. The molecule has 4 fully saturated rings. The Balaban J connectivity index is 1.12. The number of hydrogen-bond donors (Lipinski definition) is 0. The lowest BCUT2D eigenvalue weighted by molar-refractivity contribution is -0.0398. The standard InChI is InChI=1S/C56H40S/c1-2-9-34(10-3-1)38-28-39(43-21-19-37-18-17-35-11-8-12-36-20-22-45(43)52(37)51(35)36)30-40(29-38)53-54-46-14-4-6-15-48(46)56(41-24-32-23-33(26-41)27-42(56)25-32)49(54)31-47-44-13-5-7-16-50(44)57-55(47)53/h1-22,28-33,41-42H,23-27H2. The van der Waals surface area contributed by atoms with Gasteiger partial charge in [-0.1, -0.05) is 127 Å². The van der Waals surface area contributed by atoms with Gasteiger partial charge < -0.3 is 0 Å². The van der Waals surface area contributed by atoms with Crippen LogP contribution in [0.1, 0.15) is 43.2 Å². The average Bonchev–Trinajstić information content (AvgIpc) is 3.77. The number of thiophene rings is 1. The maximum absolute atomic E-state index is 2.72. The lowest BCUT2D eigenvalue weighted by Crippen LogP contribution is -2.55. The van der Waals surface area contributed by atoms with Gasteiger partial charge >= 0.3 is 0 Å². The summed E-state index contributed by atoms with van der Waals surface area (Å²) < 4.78 is 2.81. The second kappa shape index (κ2) is 11.2. The zero-order valence-electron chi connectivity index (χ0n) is 31.8. The van der Waals surface area contributed by atoms with Crippen molar-refractivity contribution in [2.75, 3.05) is 0 Å². The third-order valence-electron chi connectivity index (χ3n) is 15.4. The lowest BCUT2D eigenvalue weighted by Gasteiger charge is -2.61. The largest absolute Gasteiger partial charge is 0.135 e. The maximum Gasteiger partial charge on any atom is 0.0440 e. The Morgan fingerprint density at radius 1 is 0.404 bits per heavy atom. The van der Waals surface area contributed by atoms with Crippen LogP contribution < -0.4 is 0 Å². The molecule has 0 saturated heterocycles. The number of hydrogen-bond acceptors (Lipinski definition) is 1. The van der Waals surface area contributed by atoms with Crippen LogP contribution in [0.3, 0.4) is 0 Å². The van der Waals surface area contributed by atoms with Crippen LogP contribution in [0.15, 0.2) is 158 Å². The van der Waals surface area contributed by atoms with Gasteiger partial charge in [0.25, 0.3) is 0 Å². The second-order valence-electron chi connectivity index (χ2n) is 18.0. The predicted octanol–water partition coefficient (Wildman–Crippen LogP) is 15.7. The molecule has 4 bridgehead atoms. The van der Waals surface area contributed by atoms with Crippen LogP contribution in [0.25, 0.3) is 97.0 Å². The zero-order chi connectivity index (χ0) is 37.0. The van der Waals surface area contributed by atoms with E-state index in [4.69, 9.17) is 0 Å². The molecule has 1 heteroatoms. The van der Waals surface area contributed by atoms with Crippen LogP contribution in [-0.2, 0) is 5.41 Å². The van der Waals surface area contributed by atoms with Crippen LogP contribution >= 0.6 is 11.3 Å². The first kappa shape index (κ1) is 31.3. The fourth-order valence-corrected chi connectivity index (χ4v) is 14.7. The summed E-state index contributed by atoms with van der Waals surface area (Å²) in [4.78, 5) is 0. The Morgan fingerprint density at radius 2 is 1.07 bits per heavy atom. The van der Waals surface area contributed by atoms with E-state index >= 15 is 0 Å². The highest BCUT2D eigenvalue weighted by Gasteiger charge is 2.62. The van der Waals surface area contributed by atoms with E-state index < -0.39 is 0 Å². The molecule has 0 aliphatic heterocycles. The lowest BCUT2D eigenvalue weighted by atomic mass is 9.43. The summed E-state index contributed by atoms with van der Waals surface area (Å²) in [7, 11) is 0. The van der Waals surface area contributed by atoms with E-state index in [0.717, 1.165) is 23.7 Å². The molecular weight excluding hydrogens is 705 g/mol. The second-order valence-corrected chi connectivity index (χ2v) is 19.1. The highest BCUT2D eigenvalue weighted by atomic mass is 32.1. The summed E-state index contributed by atoms with van der Waals surface area (Å²) in [6.45, 7) is 0. The molecule has 0 amide bonds. The first-order valence-corrected chi connectivity index (χ1v) is 22.0. The van der Waals surface area contributed by atoms with Crippen molar-refractivity contribution in [1.29, 1.82) is 0 Å². The summed E-state index contributed by atoms with van der Waals surface area (Å²) >= 11 is 2.00. The van der Waals surface area contributed by atoms with E-state index in [1.165, 1.54) is 129 Å². The van der Waals surface area contributed by atoms with Crippen molar-refractivity contribution in [3.8, 4) is 44.5 Å². The highest BCUT2D eigenvalue weighted by molar-refractivity contribution is 7.26. The predicted molar refractivity (Wildman–Crippen MR) is 243 cm³/mol. The molecule has 15 rings (SSSR count). The van der Waals surface area contributed by atoms with Gasteiger partial charge in [-0.05, 0) is 168 Å². The summed E-state index contributed by atoms with van der Waals surface area (Å²) in [5.74, 6) is 3.26. The Morgan fingerprint density at radius 3 is 1.89 bits per heavy atom.